The molecule has 1 fully saturated rings. The van der Waals surface area contributed by atoms with Gasteiger partial charge in [-0.05, 0) is 18.8 Å². The van der Waals surface area contributed by atoms with Crippen molar-refractivity contribution in [2.75, 3.05) is 6.54 Å². The molecular weight excluding hydrogens is 314 g/mol. The third-order valence-corrected chi connectivity index (χ3v) is 3.56. The Hall–Kier alpha value is -1.79. The van der Waals surface area contributed by atoms with Gasteiger partial charge in [0.15, 0.2) is 0 Å². The fourth-order valence-electron chi connectivity index (χ4n) is 2.28. The van der Waals surface area contributed by atoms with Crippen molar-refractivity contribution in [1.82, 2.24) is 5.32 Å². The van der Waals surface area contributed by atoms with Crippen molar-refractivity contribution in [3.8, 4) is 0 Å². The first kappa shape index (κ1) is 22.2. The van der Waals surface area contributed by atoms with Crippen LogP contribution in [0.3, 0.4) is 0 Å². The predicted octanol–water partition coefficient (Wildman–Crippen LogP) is 3.32. The van der Waals surface area contributed by atoms with Crippen LogP contribution in [-0.4, -0.2) is 36.0 Å². The summed E-state index contributed by atoms with van der Waals surface area (Å²) in [5.41, 5.74) is 0. The topological polar surface area (TPSA) is 102 Å². The highest BCUT2D eigenvalue weighted by molar-refractivity contribution is 5.70. The summed E-state index contributed by atoms with van der Waals surface area (Å²) in [6, 6.07) is 0. The summed E-state index contributed by atoms with van der Waals surface area (Å²) < 4.78 is 10.3. The second-order valence-corrected chi connectivity index (χ2v) is 6.27. The molecule has 7 nitrogen and oxygen atoms in total. The van der Waals surface area contributed by atoms with Crippen molar-refractivity contribution >= 4 is 18.0 Å². The van der Waals surface area contributed by atoms with Crippen LogP contribution >= 0.6 is 0 Å². The summed E-state index contributed by atoms with van der Waals surface area (Å²) in [6.07, 6.45) is 5.07. The molecule has 0 radical (unpaired) electrons. The molecule has 0 saturated heterocycles. The molecule has 1 saturated carbocycles. The molecule has 0 bridgehead atoms. The molecule has 140 valence electrons. The van der Waals surface area contributed by atoms with Crippen LogP contribution in [0.15, 0.2) is 0 Å². The molecule has 1 rings (SSSR count). The maximum atomic E-state index is 11.7. The van der Waals surface area contributed by atoms with Gasteiger partial charge in [-0.1, -0.05) is 40.0 Å². The first-order valence-corrected chi connectivity index (χ1v) is 8.59. The smallest absolute Gasteiger partial charge is 0.410 e. The molecule has 24 heavy (non-hydrogen) atoms. The van der Waals surface area contributed by atoms with Crippen molar-refractivity contribution in [3.63, 3.8) is 0 Å². The fraction of sp³-hybridized carbons (Fsp3) is 0.824. The van der Waals surface area contributed by atoms with Gasteiger partial charge in [-0.3, -0.25) is 9.59 Å². The minimum atomic E-state index is -0.833. The van der Waals surface area contributed by atoms with E-state index < -0.39 is 18.4 Å². The SMILES string of the molecule is CC(=O)O.CCC(=O)OC(OC(=O)NCC1CCCCC1)C(C)C. The number of aliphatic carboxylic acids is 1. The lowest BCUT2D eigenvalue weighted by molar-refractivity contribution is -0.174. The highest BCUT2D eigenvalue weighted by atomic mass is 16.7. The molecule has 0 aromatic heterocycles. The van der Waals surface area contributed by atoms with Gasteiger partial charge >= 0.3 is 12.1 Å². The normalized spacial score (nSPS) is 15.7. The lowest BCUT2D eigenvalue weighted by atomic mass is 9.89. The Morgan fingerprint density at radius 1 is 1.12 bits per heavy atom. The van der Waals surface area contributed by atoms with Crippen molar-refractivity contribution in [3.05, 3.63) is 0 Å². The van der Waals surface area contributed by atoms with Gasteiger partial charge in [0.05, 0.1) is 0 Å². The number of rotatable bonds is 6. The number of carbonyl (C=O) groups is 3. The molecule has 1 aliphatic carbocycles. The van der Waals surface area contributed by atoms with E-state index in [1.165, 1.54) is 32.1 Å². The molecule has 1 unspecified atom stereocenters. The fourth-order valence-corrected chi connectivity index (χ4v) is 2.28. The minimum absolute atomic E-state index is 0.0640. The standard InChI is InChI=1S/C15H27NO4.C2H4O2/c1-4-13(17)19-14(11(2)3)20-15(18)16-10-12-8-6-5-7-9-12;1-2(3)4/h11-12,14H,4-10H2,1-3H3,(H,16,18);1H3,(H,3,4). The Kier molecular flexibility index (Phi) is 11.7. The second kappa shape index (κ2) is 12.6. The van der Waals surface area contributed by atoms with Crippen LogP contribution in [0.1, 0.15) is 66.2 Å². The average molecular weight is 345 g/mol. The molecule has 0 aromatic carbocycles. The summed E-state index contributed by atoms with van der Waals surface area (Å²) in [4.78, 5) is 32.0. The van der Waals surface area contributed by atoms with E-state index in [0.29, 0.717) is 12.5 Å². The van der Waals surface area contributed by atoms with E-state index in [0.717, 1.165) is 6.92 Å². The van der Waals surface area contributed by atoms with E-state index in [1.807, 2.05) is 13.8 Å². The zero-order valence-corrected chi connectivity index (χ0v) is 15.2. The molecule has 0 aromatic rings. The van der Waals surface area contributed by atoms with Crippen LogP contribution in [-0.2, 0) is 19.1 Å². The van der Waals surface area contributed by atoms with Gasteiger partial charge in [0.1, 0.15) is 0 Å². The van der Waals surface area contributed by atoms with Gasteiger partial charge in [-0.2, -0.15) is 0 Å². The van der Waals surface area contributed by atoms with E-state index in [2.05, 4.69) is 5.32 Å². The first-order valence-electron chi connectivity index (χ1n) is 8.59. The van der Waals surface area contributed by atoms with Crippen LogP contribution in [0.4, 0.5) is 4.79 Å². The summed E-state index contributed by atoms with van der Waals surface area (Å²) in [7, 11) is 0. The van der Waals surface area contributed by atoms with E-state index in [9.17, 15) is 9.59 Å². The third-order valence-electron chi connectivity index (χ3n) is 3.56. The van der Waals surface area contributed by atoms with Crippen LogP contribution in [0.25, 0.3) is 0 Å². The number of nitrogens with one attached hydrogen (secondary N) is 1. The summed E-state index contributed by atoms with van der Waals surface area (Å²) in [5, 5.41) is 10.2. The van der Waals surface area contributed by atoms with E-state index in [-0.39, 0.29) is 18.3 Å². The third kappa shape index (κ3) is 11.7. The van der Waals surface area contributed by atoms with E-state index in [4.69, 9.17) is 19.4 Å². The van der Waals surface area contributed by atoms with Crippen molar-refractivity contribution in [2.45, 2.75) is 72.5 Å². The van der Waals surface area contributed by atoms with Crippen LogP contribution in [0, 0.1) is 11.8 Å². The van der Waals surface area contributed by atoms with Crippen LogP contribution < -0.4 is 5.32 Å². The number of esters is 1. The van der Waals surface area contributed by atoms with Gasteiger partial charge in [-0.25, -0.2) is 4.79 Å². The van der Waals surface area contributed by atoms with Gasteiger partial charge in [0.25, 0.3) is 12.3 Å². The summed E-state index contributed by atoms with van der Waals surface area (Å²) in [6.45, 7) is 7.14. The lowest BCUT2D eigenvalue weighted by Gasteiger charge is -2.24. The number of carboxylic acids is 1. The van der Waals surface area contributed by atoms with Gasteiger partial charge < -0.3 is 19.9 Å². The molecule has 7 heteroatoms. The zero-order valence-electron chi connectivity index (χ0n) is 15.2. The molecule has 0 aliphatic heterocycles. The summed E-state index contributed by atoms with van der Waals surface area (Å²) in [5.74, 6) is -0.707. The van der Waals surface area contributed by atoms with Gasteiger partial charge in [-0.15, -0.1) is 0 Å². The number of hydrogen-bond donors (Lipinski definition) is 2. The Balaban J connectivity index is 0.00000118. The molecule has 2 N–H and O–H groups in total. The average Bonchev–Trinajstić information content (AvgIpc) is 2.52. The predicted molar refractivity (Wildman–Crippen MR) is 89.4 cm³/mol. The van der Waals surface area contributed by atoms with Crippen LogP contribution in [0.5, 0.6) is 0 Å². The van der Waals surface area contributed by atoms with Gasteiger partial charge in [0, 0.05) is 25.8 Å². The monoisotopic (exact) mass is 345 g/mol. The molecule has 0 heterocycles. The van der Waals surface area contributed by atoms with Gasteiger partial charge in [0.2, 0.25) is 0 Å². The number of carbonyl (C=O) groups excluding carboxylic acids is 2. The molecule has 1 aliphatic rings. The Bertz CT molecular complexity index is 387. The number of hydrogen-bond acceptors (Lipinski definition) is 5. The maximum Gasteiger partial charge on any atom is 0.410 e. The number of carboxylic acid groups (broad SMARTS) is 1. The lowest BCUT2D eigenvalue weighted by Crippen LogP contribution is -2.36. The highest BCUT2D eigenvalue weighted by Crippen LogP contribution is 2.22. The number of ether oxygens (including phenoxy) is 2. The quantitative estimate of drug-likeness (QED) is 0.565. The van der Waals surface area contributed by atoms with Crippen molar-refractivity contribution < 1.29 is 29.0 Å². The van der Waals surface area contributed by atoms with E-state index in [1.54, 1.807) is 6.92 Å². The first-order chi connectivity index (χ1) is 11.3. The highest BCUT2D eigenvalue weighted by Gasteiger charge is 2.22. The molecule has 0 spiro atoms. The van der Waals surface area contributed by atoms with Crippen LogP contribution in [0.2, 0.25) is 0 Å². The largest absolute Gasteiger partial charge is 0.481 e. The molecular formula is C17H31NO6. The number of alkyl carbamates (subject to hydrolysis) is 1. The minimum Gasteiger partial charge on any atom is -0.481 e. The Morgan fingerprint density at radius 3 is 2.12 bits per heavy atom. The summed E-state index contributed by atoms with van der Waals surface area (Å²) >= 11 is 0. The molecule has 1 amide bonds. The second-order valence-electron chi connectivity index (χ2n) is 6.27. The van der Waals surface area contributed by atoms with Crippen molar-refractivity contribution in [2.24, 2.45) is 11.8 Å². The van der Waals surface area contributed by atoms with E-state index >= 15 is 0 Å². The molecule has 1 atom stereocenters. The Labute approximate surface area is 144 Å². The Morgan fingerprint density at radius 2 is 1.67 bits per heavy atom. The maximum absolute atomic E-state index is 11.7. The zero-order chi connectivity index (χ0) is 18.5. The number of amides is 1. The van der Waals surface area contributed by atoms with Crippen molar-refractivity contribution in [1.29, 1.82) is 0 Å².